The van der Waals surface area contributed by atoms with Crippen molar-refractivity contribution in [1.29, 1.82) is 0 Å². The van der Waals surface area contributed by atoms with E-state index < -0.39 is 11.7 Å². The average molecular weight is 375 g/mol. The molecule has 0 radical (unpaired) electrons. The largest absolute Gasteiger partial charge is 0.460 e. The Bertz CT molecular complexity index is 696. The zero-order chi connectivity index (χ0) is 19.6. The van der Waals surface area contributed by atoms with E-state index in [9.17, 15) is 14.7 Å². The third-order valence-corrected chi connectivity index (χ3v) is 9.19. The minimum Gasteiger partial charge on any atom is -0.460 e. The van der Waals surface area contributed by atoms with Crippen LogP contribution in [0.2, 0.25) is 0 Å². The highest BCUT2D eigenvalue weighted by Crippen LogP contribution is 2.68. The fourth-order valence-corrected chi connectivity index (χ4v) is 7.62. The molecule has 4 aliphatic carbocycles. The smallest absolute Gasteiger partial charge is 0.302 e. The number of rotatable bonds is 2. The number of ether oxygens (including phenoxy) is 1. The molecule has 4 heteroatoms. The number of carbonyl (C=O) groups is 2. The van der Waals surface area contributed by atoms with Gasteiger partial charge in [-0.25, -0.2) is 0 Å². The summed E-state index contributed by atoms with van der Waals surface area (Å²) in [6, 6.07) is 0. The number of carbonyl (C=O) groups excluding carboxylic acids is 2. The lowest BCUT2D eigenvalue weighted by atomic mass is 9.46. The van der Waals surface area contributed by atoms with E-state index in [0.29, 0.717) is 36.4 Å². The summed E-state index contributed by atoms with van der Waals surface area (Å²) in [5, 5.41) is 11.7. The van der Waals surface area contributed by atoms with Crippen LogP contribution in [0.3, 0.4) is 0 Å². The van der Waals surface area contributed by atoms with Crippen molar-refractivity contribution in [1.82, 2.24) is 0 Å². The number of fused-ring (bicyclic) bond motifs is 5. The lowest BCUT2D eigenvalue weighted by Crippen LogP contribution is -2.58. The van der Waals surface area contributed by atoms with Crippen LogP contribution in [0.15, 0.2) is 11.6 Å². The first-order valence-electron chi connectivity index (χ1n) is 10.8. The lowest BCUT2D eigenvalue weighted by molar-refractivity contribution is -0.192. The van der Waals surface area contributed by atoms with Crippen molar-refractivity contribution in [2.24, 2.45) is 28.6 Å². The molecule has 27 heavy (non-hydrogen) atoms. The van der Waals surface area contributed by atoms with Gasteiger partial charge in [0.25, 0.3) is 0 Å². The Morgan fingerprint density at radius 3 is 2.56 bits per heavy atom. The molecule has 0 spiro atoms. The Morgan fingerprint density at radius 1 is 1.15 bits per heavy atom. The molecular formula is C23H34O4. The molecule has 4 rings (SSSR count). The summed E-state index contributed by atoms with van der Waals surface area (Å²) in [5.74, 6) is 1.65. The van der Waals surface area contributed by atoms with Gasteiger partial charge in [0, 0.05) is 18.8 Å². The third-order valence-electron chi connectivity index (χ3n) is 9.19. The molecule has 1 N–H and O–H groups in total. The fourth-order valence-electron chi connectivity index (χ4n) is 7.62. The van der Waals surface area contributed by atoms with Crippen LogP contribution in [0, 0.1) is 28.6 Å². The Morgan fingerprint density at radius 2 is 1.85 bits per heavy atom. The monoisotopic (exact) mass is 374 g/mol. The van der Waals surface area contributed by atoms with E-state index in [-0.39, 0.29) is 16.8 Å². The van der Waals surface area contributed by atoms with Crippen molar-refractivity contribution in [3.63, 3.8) is 0 Å². The Hall–Kier alpha value is -1.16. The maximum atomic E-state index is 12.0. The standard InChI is InChI=1S/C23H34O4/c1-14(27-15(2)24)23(26)12-9-20-18-6-5-16-13-17(25)7-10-21(16,3)19(18)8-11-22(20,23)4/h13-14,18-20,26H,5-12H2,1-4H3/t14-,18-,19+,20+,21+,22+,23+/m1/s1. The molecule has 0 aromatic rings. The van der Waals surface area contributed by atoms with Gasteiger partial charge in [-0.05, 0) is 81.1 Å². The van der Waals surface area contributed by atoms with E-state index in [1.807, 2.05) is 13.0 Å². The van der Waals surface area contributed by atoms with Crippen molar-refractivity contribution in [2.75, 3.05) is 0 Å². The molecule has 3 saturated carbocycles. The molecule has 0 heterocycles. The lowest BCUT2D eigenvalue weighted by Gasteiger charge is -2.59. The number of hydrogen-bond donors (Lipinski definition) is 1. The van der Waals surface area contributed by atoms with Crippen molar-refractivity contribution in [2.45, 2.75) is 90.8 Å². The van der Waals surface area contributed by atoms with Gasteiger partial charge in [0.15, 0.2) is 5.78 Å². The molecular weight excluding hydrogens is 340 g/mol. The van der Waals surface area contributed by atoms with E-state index in [1.165, 1.54) is 12.5 Å². The van der Waals surface area contributed by atoms with Gasteiger partial charge in [-0.2, -0.15) is 0 Å². The average Bonchev–Trinajstić information content (AvgIpc) is 2.88. The predicted molar refractivity (Wildman–Crippen MR) is 103 cm³/mol. The first kappa shape index (κ1) is 19.2. The maximum Gasteiger partial charge on any atom is 0.302 e. The SMILES string of the molecule is CC(=O)O[C@H](C)[C@@]1(O)CC[C@H]2[C@@H]3CCC4=CC(=O)CC[C@]4(C)[C@H]3CC[C@@]21C. The molecule has 0 unspecified atom stereocenters. The van der Waals surface area contributed by atoms with Gasteiger partial charge in [-0.1, -0.05) is 19.4 Å². The third kappa shape index (κ3) is 2.58. The predicted octanol–water partition coefficient (Wildman–Crippen LogP) is 4.20. The highest BCUT2D eigenvalue weighted by Gasteiger charge is 2.65. The zero-order valence-corrected chi connectivity index (χ0v) is 17.2. The van der Waals surface area contributed by atoms with E-state index in [2.05, 4.69) is 13.8 Å². The molecule has 4 nitrogen and oxygen atoms in total. The first-order valence-corrected chi connectivity index (χ1v) is 10.8. The van der Waals surface area contributed by atoms with Crippen LogP contribution in [0.4, 0.5) is 0 Å². The summed E-state index contributed by atoms with van der Waals surface area (Å²) < 4.78 is 5.47. The normalized spacial score (nSPS) is 47.4. The maximum absolute atomic E-state index is 12.0. The highest BCUT2D eigenvalue weighted by atomic mass is 16.6. The number of aliphatic hydroxyl groups is 1. The van der Waals surface area contributed by atoms with Crippen molar-refractivity contribution >= 4 is 11.8 Å². The van der Waals surface area contributed by atoms with Crippen LogP contribution in [0.25, 0.3) is 0 Å². The Balaban J connectivity index is 1.64. The quantitative estimate of drug-likeness (QED) is 0.736. The van der Waals surface area contributed by atoms with Gasteiger partial charge in [-0.15, -0.1) is 0 Å². The minimum atomic E-state index is -0.937. The second kappa shape index (κ2) is 6.17. The Labute approximate surface area is 162 Å². The summed E-state index contributed by atoms with van der Waals surface area (Å²) in [6.07, 6.45) is 9.06. The molecule has 0 bridgehead atoms. The Kier molecular flexibility index (Phi) is 4.38. The van der Waals surface area contributed by atoms with Crippen LogP contribution < -0.4 is 0 Å². The topological polar surface area (TPSA) is 63.6 Å². The first-order chi connectivity index (χ1) is 12.6. The summed E-state index contributed by atoms with van der Waals surface area (Å²) in [6.45, 7) is 7.90. The molecule has 0 amide bonds. The van der Waals surface area contributed by atoms with Crippen LogP contribution in [0.1, 0.15) is 79.1 Å². The summed E-state index contributed by atoms with van der Waals surface area (Å²) >= 11 is 0. The van der Waals surface area contributed by atoms with E-state index in [1.54, 1.807) is 0 Å². The van der Waals surface area contributed by atoms with Gasteiger partial charge in [0.2, 0.25) is 0 Å². The van der Waals surface area contributed by atoms with E-state index in [4.69, 9.17) is 4.74 Å². The number of ketones is 1. The van der Waals surface area contributed by atoms with Gasteiger partial charge in [-0.3, -0.25) is 9.59 Å². The highest BCUT2D eigenvalue weighted by molar-refractivity contribution is 5.91. The summed E-state index contributed by atoms with van der Waals surface area (Å²) in [5.41, 5.74) is 0.393. The minimum absolute atomic E-state index is 0.153. The van der Waals surface area contributed by atoms with Crippen molar-refractivity contribution in [3.8, 4) is 0 Å². The second-order valence-electron chi connectivity index (χ2n) is 10.1. The van der Waals surface area contributed by atoms with Gasteiger partial charge < -0.3 is 9.84 Å². The number of allylic oxidation sites excluding steroid dienone is 1. The summed E-state index contributed by atoms with van der Waals surface area (Å²) in [7, 11) is 0. The molecule has 0 aromatic heterocycles. The van der Waals surface area contributed by atoms with Crippen LogP contribution in [-0.4, -0.2) is 28.6 Å². The van der Waals surface area contributed by atoms with Gasteiger partial charge in [0.1, 0.15) is 11.7 Å². The summed E-state index contributed by atoms with van der Waals surface area (Å²) in [4.78, 5) is 23.5. The molecule has 150 valence electrons. The van der Waals surface area contributed by atoms with Gasteiger partial charge >= 0.3 is 5.97 Å². The number of hydrogen-bond acceptors (Lipinski definition) is 4. The number of esters is 1. The zero-order valence-electron chi connectivity index (χ0n) is 17.2. The van der Waals surface area contributed by atoms with Crippen LogP contribution >= 0.6 is 0 Å². The van der Waals surface area contributed by atoms with Crippen LogP contribution in [-0.2, 0) is 14.3 Å². The van der Waals surface area contributed by atoms with Crippen molar-refractivity contribution in [3.05, 3.63) is 11.6 Å². The molecule has 0 aromatic carbocycles. The van der Waals surface area contributed by atoms with E-state index >= 15 is 0 Å². The molecule has 3 fully saturated rings. The molecule has 0 saturated heterocycles. The van der Waals surface area contributed by atoms with Crippen LogP contribution in [0.5, 0.6) is 0 Å². The van der Waals surface area contributed by atoms with Gasteiger partial charge in [0.05, 0.1) is 0 Å². The molecule has 4 aliphatic rings. The molecule has 0 aliphatic heterocycles. The second-order valence-corrected chi connectivity index (χ2v) is 10.1. The molecule has 7 atom stereocenters. The van der Waals surface area contributed by atoms with E-state index in [0.717, 1.165) is 38.5 Å². The van der Waals surface area contributed by atoms with Crippen molar-refractivity contribution < 1.29 is 19.4 Å². The fraction of sp³-hybridized carbons (Fsp3) is 0.826.